The summed E-state index contributed by atoms with van der Waals surface area (Å²) in [6.45, 7) is 6.86. The number of hydrogen-bond donors (Lipinski definition) is 3. The molecule has 138 valence electrons. The Balaban J connectivity index is 1.66. The van der Waals surface area contributed by atoms with E-state index < -0.39 is 0 Å². The van der Waals surface area contributed by atoms with Crippen LogP contribution in [-0.4, -0.2) is 28.0 Å². The smallest absolute Gasteiger partial charge is 0.0546 e. The number of hydrogen-bond acceptors (Lipinski definition) is 3. The lowest BCUT2D eigenvalue weighted by atomic mass is 9.42. The molecule has 0 aromatic carbocycles. The molecule has 4 fully saturated rings. The molecule has 3 unspecified atom stereocenters. The van der Waals surface area contributed by atoms with Gasteiger partial charge >= 0.3 is 0 Å². The summed E-state index contributed by atoms with van der Waals surface area (Å²) in [6.07, 6.45) is 9.92. The first-order valence-electron chi connectivity index (χ1n) is 10.4. The van der Waals surface area contributed by atoms with Crippen molar-refractivity contribution in [2.75, 3.05) is 0 Å². The van der Waals surface area contributed by atoms with Crippen LogP contribution >= 0.6 is 0 Å². The number of fused-ring (bicyclic) bond motifs is 5. The van der Waals surface area contributed by atoms with Crippen molar-refractivity contribution in [1.82, 2.24) is 0 Å². The summed E-state index contributed by atoms with van der Waals surface area (Å²) in [5, 5.41) is 20.5. The highest BCUT2D eigenvalue weighted by atomic mass is 16.3. The monoisotopic (exact) mass is 335 g/mol. The van der Waals surface area contributed by atoms with Crippen LogP contribution < -0.4 is 5.73 Å². The van der Waals surface area contributed by atoms with Crippen LogP contribution in [0.15, 0.2) is 0 Å². The number of rotatable bonds is 1. The summed E-state index contributed by atoms with van der Waals surface area (Å²) in [5.74, 6) is 2.37. The van der Waals surface area contributed by atoms with Crippen LogP contribution in [0.25, 0.3) is 0 Å². The van der Waals surface area contributed by atoms with Gasteiger partial charge in [-0.2, -0.15) is 0 Å². The first kappa shape index (κ1) is 17.3. The Labute approximate surface area is 147 Å². The third-order valence-corrected chi connectivity index (χ3v) is 9.63. The van der Waals surface area contributed by atoms with Crippen molar-refractivity contribution in [3.63, 3.8) is 0 Å². The van der Waals surface area contributed by atoms with Crippen molar-refractivity contribution in [3.05, 3.63) is 0 Å². The predicted molar refractivity (Wildman–Crippen MR) is 96.3 cm³/mol. The Bertz CT molecular complexity index is 508. The van der Waals surface area contributed by atoms with Gasteiger partial charge in [0.05, 0.1) is 12.2 Å². The van der Waals surface area contributed by atoms with Crippen molar-refractivity contribution >= 4 is 0 Å². The van der Waals surface area contributed by atoms with E-state index in [4.69, 9.17) is 5.73 Å². The van der Waals surface area contributed by atoms with Crippen LogP contribution in [0.1, 0.15) is 78.6 Å². The minimum Gasteiger partial charge on any atom is -0.393 e. The number of nitrogens with two attached hydrogens (primary N) is 1. The molecule has 4 N–H and O–H groups in total. The predicted octanol–water partition coefficient (Wildman–Crippen LogP) is 3.47. The van der Waals surface area contributed by atoms with Gasteiger partial charge in [-0.3, -0.25) is 0 Å². The van der Waals surface area contributed by atoms with Crippen molar-refractivity contribution in [2.24, 2.45) is 40.2 Å². The summed E-state index contributed by atoms with van der Waals surface area (Å²) in [4.78, 5) is 0. The maximum Gasteiger partial charge on any atom is 0.0546 e. The molecule has 4 aliphatic rings. The van der Waals surface area contributed by atoms with Gasteiger partial charge in [0.25, 0.3) is 0 Å². The van der Waals surface area contributed by atoms with Gasteiger partial charge in [0.2, 0.25) is 0 Å². The van der Waals surface area contributed by atoms with Gasteiger partial charge in [0.1, 0.15) is 0 Å². The maximum atomic E-state index is 10.4. The molecule has 0 heterocycles. The molecule has 0 spiro atoms. The average Bonchev–Trinajstić information content (AvgIpc) is 2.80. The van der Waals surface area contributed by atoms with Crippen LogP contribution in [0.5, 0.6) is 0 Å². The second-order valence-electron chi connectivity index (χ2n) is 10.3. The molecule has 0 radical (unpaired) electrons. The standard InChI is InChI=1S/C21H37NO2/c1-13(23)16-8-11-21(22)18-5-4-14-12-15(24)6-9-19(14,2)17(18)7-10-20(16,21)3/h13-18,23-24H,4-12,22H2,1-3H3/t13?,14?,15?,16-,17+,18-,19+,20-,21-/m1/s1. The van der Waals surface area contributed by atoms with Crippen molar-refractivity contribution in [3.8, 4) is 0 Å². The van der Waals surface area contributed by atoms with Crippen LogP contribution in [-0.2, 0) is 0 Å². The Morgan fingerprint density at radius 1 is 0.958 bits per heavy atom. The molecule has 0 saturated heterocycles. The van der Waals surface area contributed by atoms with E-state index in [1.807, 2.05) is 6.92 Å². The normalized spacial score (nSPS) is 58.5. The summed E-state index contributed by atoms with van der Waals surface area (Å²) < 4.78 is 0. The van der Waals surface area contributed by atoms with Crippen LogP contribution in [0.3, 0.4) is 0 Å². The Hall–Kier alpha value is -0.120. The highest BCUT2D eigenvalue weighted by molar-refractivity contribution is 5.19. The third kappa shape index (κ3) is 2.07. The van der Waals surface area contributed by atoms with E-state index in [9.17, 15) is 10.2 Å². The molecule has 0 amide bonds. The van der Waals surface area contributed by atoms with Crippen LogP contribution in [0.4, 0.5) is 0 Å². The highest BCUT2D eigenvalue weighted by Crippen LogP contribution is 2.68. The largest absolute Gasteiger partial charge is 0.393 e. The SMILES string of the molecule is CC(O)[C@H]1CC[C@@]2(N)[C@@H]3CCC4CC(O)CC[C@]4(C)[C@H]3CC[C@]12C. The number of aliphatic hydroxyl groups is 2. The van der Waals surface area contributed by atoms with Gasteiger partial charge in [-0.25, -0.2) is 0 Å². The highest BCUT2D eigenvalue weighted by Gasteiger charge is 2.66. The lowest BCUT2D eigenvalue weighted by Crippen LogP contribution is -2.66. The van der Waals surface area contributed by atoms with Crippen LogP contribution in [0.2, 0.25) is 0 Å². The fraction of sp³-hybridized carbons (Fsp3) is 1.00. The first-order valence-corrected chi connectivity index (χ1v) is 10.4. The molecule has 4 saturated carbocycles. The average molecular weight is 336 g/mol. The molecule has 0 aromatic rings. The van der Waals surface area contributed by atoms with Crippen molar-refractivity contribution in [2.45, 2.75) is 96.3 Å². The second-order valence-corrected chi connectivity index (χ2v) is 10.3. The summed E-state index contributed by atoms with van der Waals surface area (Å²) in [7, 11) is 0. The lowest BCUT2D eigenvalue weighted by Gasteiger charge is -2.64. The van der Waals surface area contributed by atoms with Gasteiger partial charge in [-0.05, 0) is 99.2 Å². The van der Waals surface area contributed by atoms with Gasteiger partial charge in [0, 0.05) is 5.54 Å². The minimum absolute atomic E-state index is 0.0774. The molecule has 0 aromatic heterocycles. The summed E-state index contributed by atoms with van der Waals surface area (Å²) >= 11 is 0. The lowest BCUT2D eigenvalue weighted by molar-refractivity contribution is -0.141. The molecule has 24 heavy (non-hydrogen) atoms. The Kier molecular flexibility index (Phi) is 3.92. The van der Waals surface area contributed by atoms with Crippen molar-refractivity contribution < 1.29 is 10.2 Å². The van der Waals surface area contributed by atoms with E-state index in [0.29, 0.717) is 23.2 Å². The van der Waals surface area contributed by atoms with E-state index in [-0.39, 0.29) is 23.2 Å². The summed E-state index contributed by atoms with van der Waals surface area (Å²) in [5.41, 5.74) is 7.60. The molecule has 0 aliphatic heterocycles. The minimum atomic E-state index is -0.242. The van der Waals surface area contributed by atoms with E-state index in [1.165, 1.54) is 32.1 Å². The summed E-state index contributed by atoms with van der Waals surface area (Å²) in [6, 6.07) is 0. The Morgan fingerprint density at radius 3 is 2.42 bits per heavy atom. The zero-order valence-electron chi connectivity index (χ0n) is 15.8. The molecule has 3 nitrogen and oxygen atoms in total. The first-order chi connectivity index (χ1) is 11.2. The molecular weight excluding hydrogens is 298 g/mol. The van der Waals surface area contributed by atoms with Gasteiger partial charge in [0.15, 0.2) is 0 Å². The molecule has 9 atom stereocenters. The fourth-order valence-corrected chi connectivity index (χ4v) is 8.12. The Morgan fingerprint density at radius 2 is 1.71 bits per heavy atom. The third-order valence-electron chi connectivity index (χ3n) is 9.63. The van der Waals surface area contributed by atoms with E-state index in [0.717, 1.165) is 31.6 Å². The zero-order valence-corrected chi connectivity index (χ0v) is 15.8. The molecule has 0 bridgehead atoms. The molecular formula is C21H37NO2. The maximum absolute atomic E-state index is 10.4. The fourth-order valence-electron chi connectivity index (χ4n) is 8.12. The van der Waals surface area contributed by atoms with Gasteiger partial charge < -0.3 is 15.9 Å². The van der Waals surface area contributed by atoms with Crippen LogP contribution in [0, 0.1) is 34.5 Å². The van der Waals surface area contributed by atoms with Gasteiger partial charge in [-0.15, -0.1) is 0 Å². The molecule has 4 rings (SSSR count). The quantitative estimate of drug-likeness (QED) is 0.687. The zero-order chi connectivity index (χ0) is 17.3. The topological polar surface area (TPSA) is 66.5 Å². The number of aliphatic hydroxyl groups excluding tert-OH is 2. The second kappa shape index (κ2) is 5.44. The molecule has 4 aliphatic carbocycles. The van der Waals surface area contributed by atoms with Crippen molar-refractivity contribution in [1.29, 1.82) is 0 Å². The van der Waals surface area contributed by atoms with E-state index in [2.05, 4.69) is 13.8 Å². The van der Waals surface area contributed by atoms with Gasteiger partial charge in [-0.1, -0.05) is 13.8 Å². The molecule has 3 heteroatoms. The van der Waals surface area contributed by atoms with E-state index in [1.54, 1.807) is 0 Å². The van der Waals surface area contributed by atoms with E-state index >= 15 is 0 Å².